The number of pyridine rings is 1. The van der Waals surface area contributed by atoms with Gasteiger partial charge in [-0.1, -0.05) is 22.0 Å². The number of aryl methyl sites for hydroxylation is 2. The minimum Gasteiger partial charge on any atom is -0.439 e. The first-order chi connectivity index (χ1) is 8.61. The van der Waals surface area contributed by atoms with Crippen LogP contribution in [0.5, 0.6) is 11.6 Å². The molecule has 1 aromatic carbocycles. The Bertz CT molecular complexity index is 548. The summed E-state index contributed by atoms with van der Waals surface area (Å²) < 4.78 is 6.91. The average Bonchev–Trinajstić information content (AvgIpc) is 2.36. The van der Waals surface area contributed by atoms with E-state index < -0.39 is 0 Å². The van der Waals surface area contributed by atoms with Crippen molar-refractivity contribution >= 4 is 27.5 Å². The zero-order valence-corrected chi connectivity index (χ0v) is 12.5. The van der Waals surface area contributed by atoms with Crippen LogP contribution in [0.15, 0.2) is 34.9 Å². The van der Waals surface area contributed by atoms with Crippen LogP contribution >= 0.6 is 27.5 Å². The van der Waals surface area contributed by atoms with Crippen LogP contribution in [0.1, 0.15) is 16.7 Å². The minimum atomic E-state index is 0.387. The van der Waals surface area contributed by atoms with Crippen LogP contribution < -0.4 is 4.74 Å². The molecule has 18 heavy (non-hydrogen) atoms. The molecular formula is C14H13BrClNO. The highest BCUT2D eigenvalue weighted by atomic mass is 79.9. The van der Waals surface area contributed by atoms with Crippen molar-refractivity contribution in [1.29, 1.82) is 0 Å². The summed E-state index contributed by atoms with van der Waals surface area (Å²) in [6, 6.07) is 7.71. The van der Waals surface area contributed by atoms with Crippen molar-refractivity contribution in [1.82, 2.24) is 4.98 Å². The van der Waals surface area contributed by atoms with Crippen molar-refractivity contribution < 1.29 is 4.74 Å². The number of halogens is 2. The van der Waals surface area contributed by atoms with Crippen LogP contribution in [-0.2, 0) is 5.88 Å². The molecule has 94 valence electrons. The van der Waals surface area contributed by atoms with Crippen molar-refractivity contribution in [3.8, 4) is 11.6 Å². The van der Waals surface area contributed by atoms with Gasteiger partial charge in [0.2, 0.25) is 5.88 Å². The van der Waals surface area contributed by atoms with Crippen molar-refractivity contribution in [3.05, 3.63) is 51.6 Å². The first-order valence-corrected chi connectivity index (χ1v) is 6.89. The third-order valence-electron chi connectivity index (χ3n) is 2.62. The number of rotatable bonds is 3. The zero-order chi connectivity index (χ0) is 13.1. The molecular weight excluding hydrogens is 314 g/mol. The third-order valence-corrected chi connectivity index (χ3v) is 4.16. The van der Waals surface area contributed by atoms with E-state index >= 15 is 0 Å². The van der Waals surface area contributed by atoms with Gasteiger partial charge in [-0.05, 0) is 43.2 Å². The van der Waals surface area contributed by atoms with E-state index in [0.717, 1.165) is 26.9 Å². The summed E-state index contributed by atoms with van der Waals surface area (Å²) in [6.07, 6.45) is 1.70. The number of hydrogen-bond acceptors (Lipinski definition) is 2. The second-order valence-electron chi connectivity index (χ2n) is 4.07. The van der Waals surface area contributed by atoms with Crippen LogP contribution in [-0.4, -0.2) is 4.98 Å². The summed E-state index contributed by atoms with van der Waals surface area (Å²) in [4.78, 5) is 4.21. The number of aromatic nitrogens is 1. The fraction of sp³-hybridized carbons (Fsp3) is 0.214. The molecule has 0 bridgehead atoms. The lowest BCUT2D eigenvalue weighted by molar-refractivity contribution is 0.457. The van der Waals surface area contributed by atoms with Gasteiger partial charge >= 0.3 is 0 Å². The maximum atomic E-state index is 5.86. The number of hydrogen-bond donors (Lipinski definition) is 0. The van der Waals surface area contributed by atoms with Crippen molar-refractivity contribution in [2.45, 2.75) is 19.7 Å². The molecule has 2 nitrogen and oxygen atoms in total. The molecule has 0 fully saturated rings. The highest BCUT2D eigenvalue weighted by molar-refractivity contribution is 9.10. The molecule has 0 aliphatic heterocycles. The number of benzene rings is 1. The van der Waals surface area contributed by atoms with E-state index in [2.05, 4.69) is 20.9 Å². The average molecular weight is 327 g/mol. The Morgan fingerprint density at radius 2 is 1.94 bits per heavy atom. The number of ether oxygens (including phenoxy) is 1. The Morgan fingerprint density at radius 3 is 2.56 bits per heavy atom. The molecule has 0 amide bonds. The van der Waals surface area contributed by atoms with Crippen LogP contribution in [0.4, 0.5) is 0 Å². The summed E-state index contributed by atoms with van der Waals surface area (Å²) in [6.45, 7) is 4.07. The van der Waals surface area contributed by atoms with E-state index in [1.807, 2.05) is 38.1 Å². The van der Waals surface area contributed by atoms with E-state index in [9.17, 15) is 0 Å². The smallest absolute Gasteiger partial charge is 0.223 e. The van der Waals surface area contributed by atoms with Gasteiger partial charge < -0.3 is 4.74 Å². The molecule has 0 atom stereocenters. The predicted octanol–water partition coefficient (Wildman–Crippen LogP) is 4.99. The fourth-order valence-electron chi connectivity index (χ4n) is 1.69. The van der Waals surface area contributed by atoms with Gasteiger partial charge in [0.05, 0.1) is 5.88 Å². The van der Waals surface area contributed by atoms with Gasteiger partial charge in [-0.3, -0.25) is 0 Å². The monoisotopic (exact) mass is 325 g/mol. The second-order valence-corrected chi connectivity index (χ2v) is 5.13. The van der Waals surface area contributed by atoms with E-state index in [0.29, 0.717) is 11.8 Å². The lowest BCUT2D eigenvalue weighted by atomic mass is 10.1. The van der Waals surface area contributed by atoms with Gasteiger partial charge in [-0.2, -0.15) is 0 Å². The maximum absolute atomic E-state index is 5.86. The first-order valence-electron chi connectivity index (χ1n) is 5.56. The summed E-state index contributed by atoms with van der Waals surface area (Å²) in [5.74, 6) is 1.73. The molecule has 0 radical (unpaired) electrons. The van der Waals surface area contributed by atoms with E-state index in [1.54, 1.807) is 6.20 Å². The Morgan fingerprint density at radius 1 is 1.28 bits per heavy atom. The molecule has 1 aromatic heterocycles. The van der Waals surface area contributed by atoms with Crippen LogP contribution in [0.2, 0.25) is 0 Å². The molecule has 2 rings (SSSR count). The Balaban J connectivity index is 2.34. The van der Waals surface area contributed by atoms with Crippen molar-refractivity contribution in [3.63, 3.8) is 0 Å². The topological polar surface area (TPSA) is 22.1 Å². The van der Waals surface area contributed by atoms with E-state index in [1.165, 1.54) is 0 Å². The minimum absolute atomic E-state index is 0.387. The Labute approximate surface area is 120 Å². The highest BCUT2D eigenvalue weighted by Crippen LogP contribution is 2.30. The summed E-state index contributed by atoms with van der Waals surface area (Å²) in [7, 11) is 0. The highest BCUT2D eigenvalue weighted by Gasteiger charge is 2.07. The van der Waals surface area contributed by atoms with E-state index in [4.69, 9.17) is 16.3 Å². The zero-order valence-electron chi connectivity index (χ0n) is 10.2. The van der Waals surface area contributed by atoms with Gasteiger partial charge in [0.15, 0.2) is 0 Å². The lowest BCUT2D eigenvalue weighted by Crippen LogP contribution is -1.94. The number of alkyl halides is 1. The summed E-state index contributed by atoms with van der Waals surface area (Å²) >= 11 is 9.39. The molecule has 1 heterocycles. The molecule has 0 aliphatic carbocycles. The van der Waals surface area contributed by atoms with E-state index in [-0.39, 0.29) is 0 Å². The van der Waals surface area contributed by atoms with Crippen LogP contribution in [0.3, 0.4) is 0 Å². The van der Waals surface area contributed by atoms with Gasteiger partial charge in [0.1, 0.15) is 5.75 Å². The molecule has 2 aromatic rings. The van der Waals surface area contributed by atoms with Crippen LogP contribution in [0, 0.1) is 13.8 Å². The Kier molecular flexibility index (Phi) is 4.25. The van der Waals surface area contributed by atoms with Crippen LogP contribution in [0.25, 0.3) is 0 Å². The molecule has 0 saturated heterocycles. The third kappa shape index (κ3) is 2.85. The van der Waals surface area contributed by atoms with Crippen molar-refractivity contribution in [2.75, 3.05) is 0 Å². The first kappa shape index (κ1) is 13.4. The largest absolute Gasteiger partial charge is 0.439 e. The quantitative estimate of drug-likeness (QED) is 0.741. The molecule has 0 spiro atoms. The molecule has 0 N–H and O–H groups in total. The lowest BCUT2D eigenvalue weighted by Gasteiger charge is -2.11. The summed E-state index contributed by atoms with van der Waals surface area (Å²) in [5, 5.41) is 0. The predicted molar refractivity (Wildman–Crippen MR) is 77.5 cm³/mol. The maximum Gasteiger partial charge on any atom is 0.223 e. The number of nitrogens with zero attached hydrogens (tertiary/aromatic N) is 1. The normalized spacial score (nSPS) is 10.4. The molecule has 0 unspecified atom stereocenters. The van der Waals surface area contributed by atoms with Crippen molar-refractivity contribution in [2.24, 2.45) is 0 Å². The van der Waals surface area contributed by atoms with Gasteiger partial charge in [0.25, 0.3) is 0 Å². The standard InChI is InChI=1S/C14H13BrClNO/c1-9-6-12(7-10(2)13(9)15)18-14-11(8-16)4-3-5-17-14/h3-7H,8H2,1-2H3. The second kappa shape index (κ2) is 5.72. The Hall–Kier alpha value is -1.06. The summed E-state index contributed by atoms with van der Waals surface area (Å²) in [5.41, 5.74) is 3.15. The SMILES string of the molecule is Cc1cc(Oc2ncccc2CCl)cc(C)c1Br. The molecule has 0 saturated carbocycles. The van der Waals surface area contributed by atoms with Gasteiger partial charge in [-0.25, -0.2) is 4.98 Å². The van der Waals surface area contributed by atoms with Gasteiger partial charge in [-0.15, -0.1) is 11.6 Å². The molecule has 4 heteroatoms. The van der Waals surface area contributed by atoms with Gasteiger partial charge in [0, 0.05) is 16.2 Å². The molecule has 0 aliphatic rings. The fourth-order valence-corrected chi connectivity index (χ4v) is 2.13.